The molecule has 64 valence electrons. The van der Waals surface area contributed by atoms with Gasteiger partial charge in [-0.1, -0.05) is 0 Å². The number of carbonyl (C=O) groups is 2. The van der Waals surface area contributed by atoms with E-state index in [0.29, 0.717) is 6.42 Å². The minimum absolute atomic E-state index is 0.00787. The Labute approximate surface area is 65.6 Å². The van der Waals surface area contributed by atoms with Crippen molar-refractivity contribution in [2.75, 3.05) is 7.05 Å². The Bertz CT molecular complexity index is 156. The van der Waals surface area contributed by atoms with Crippen molar-refractivity contribution in [3.63, 3.8) is 0 Å². The van der Waals surface area contributed by atoms with Crippen molar-refractivity contribution in [2.45, 2.75) is 25.8 Å². The third kappa shape index (κ3) is 4.50. The number of aliphatic carboxylic acids is 1. The Hall–Kier alpha value is -0.900. The zero-order chi connectivity index (χ0) is 8.85. The highest BCUT2D eigenvalue weighted by molar-refractivity contribution is 5.77. The van der Waals surface area contributed by atoms with E-state index >= 15 is 0 Å². The van der Waals surface area contributed by atoms with E-state index in [2.05, 4.69) is 5.32 Å². The number of rotatable bonds is 5. The lowest BCUT2D eigenvalue weighted by Gasteiger charge is -2.15. The minimum atomic E-state index is -1.16. The number of ketones is 1. The Kier molecular flexibility index (Phi) is 4.45. The number of carboxylic acids is 1. The molecule has 11 heavy (non-hydrogen) atoms. The fraction of sp³-hybridized carbons (Fsp3) is 0.714. The number of carboxylic acid groups (broad SMARTS) is 1. The smallest absolute Gasteiger partial charge is 0.129 e. The van der Waals surface area contributed by atoms with Crippen LogP contribution in [0.25, 0.3) is 0 Å². The second-order valence-electron chi connectivity index (χ2n) is 2.40. The Morgan fingerprint density at radius 3 is 2.36 bits per heavy atom. The van der Waals surface area contributed by atoms with Crippen LogP contribution >= 0.6 is 0 Å². The predicted molar refractivity (Wildman–Crippen MR) is 37.8 cm³/mol. The average Bonchev–Trinajstić information content (AvgIpc) is 1.87. The zero-order valence-corrected chi connectivity index (χ0v) is 6.72. The summed E-state index contributed by atoms with van der Waals surface area (Å²) < 4.78 is 0. The van der Waals surface area contributed by atoms with Gasteiger partial charge in [0.25, 0.3) is 0 Å². The van der Waals surface area contributed by atoms with E-state index in [9.17, 15) is 14.7 Å². The molecule has 4 heteroatoms. The van der Waals surface area contributed by atoms with Crippen LogP contribution in [-0.4, -0.2) is 24.8 Å². The fourth-order valence-electron chi connectivity index (χ4n) is 0.728. The van der Waals surface area contributed by atoms with Gasteiger partial charge in [0.05, 0.1) is 5.97 Å². The van der Waals surface area contributed by atoms with Gasteiger partial charge in [-0.15, -0.1) is 0 Å². The van der Waals surface area contributed by atoms with Gasteiger partial charge in [-0.05, 0) is 20.4 Å². The molecule has 0 bridgehead atoms. The van der Waals surface area contributed by atoms with E-state index in [1.54, 1.807) is 0 Å². The Morgan fingerprint density at radius 2 is 2.09 bits per heavy atom. The molecular formula is C7H12NO3-. The molecule has 0 aliphatic carbocycles. The number of Topliss-reactive ketones (excluding diaryl/α,β-unsaturated/α-hetero) is 1. The maximum atomic E-state index is 10.4. The van der Waals surface area contributed by atoms with Crippen LogP contribution in [0.5, 0.6) is 0 Å². The van der Waals surface area contributed by atoms with E-state index in [1.165, 1.54) is 14.0 Å². The number of carbonyl (C=O) groups excluding carboxylic acids is 2. The summed E-state index contributed by atoms with van der Waals surface area (Å²) in [6.45, 7) is 1.43. The number of hydrogen-bond acceptors (Lipinski definition) is 4. The molecule has 0 aromatic rings. The van der Waals surface area contributed by atoms with Gasteiger partial charge in [0, 0.05) is 12.5 Å². The summed E-state index contributed by atoms with van der Waals surface area (Å²) in [7, 11) is 1.53. The zero-order valence-electron chi connectivity index (χ0n) is 6.72. The molecule has 0 fully saturated rings. The molecule has 0 aliphatic heterocycles. The summed E-state index contributed by atoms with van der Waals surface area (Å²) in [6.07, 6.45) is 0.577. The predicted octanol–water partition coefficient (Wildman–Crippen LogP) is -1.31. The molecule has 0 saturated heterocycles. The van der Waals surface area contributed by atoms with Crippen molar-refractivity contribution >= 4 is 11.8 Å². The maximum Gasteiger partial charge on any atom is 0.129 e. The van der Waals surface area contributed by atoms with Gasteiger partial charge < -0.3 is 20.0 Å². The fourth-order valence-corrected chi connectivity index (χ4v) is 0.728. The molecule has 0 radical (unpaired) electrons. The van der Waals surface area contributed by atoms with Gasteiger partial charge in [0.1, 0.15) is 5.78 Å². The van der Waals surface area contributed by atoms with Crippen LogP contribution in [0, 0.1) is 0 Å². The highest BCUT2D eigenvalue weighted by Crippen LogP contribution is 1.95. The molecule has 1 N–H and O–H groups in total. The lowest BCUT2D eigenvalue weighted by Crippen LogP contribution is -2.43. The molecule has 4 nitrogen and oxygen atoms in total. The van der Waals surface area contributed by atoms with Crippen LogP contribution in [0.4, 0.5) is 0 Å². The molecule has 1 atom stereocenters. The van der Waals surface area contributed by atoms with Gasteiger partial charge in [-0.3, -0.25) is 0 Å². The van der Waals surface area contributed by atoms with Crippen molar-refractivity contribution < 1.29 is 14.7 Å². The Morgan fingerprint density at radius 1 is 1.55 bits per heavy atom. The minimum Gasteiger partial charge on any atom is -0.548 e. The van der Waals surface area contributed by atoms with Crippen LogP contribution < -0.4 is 10.4 Å². The first-order chi connectivity index (χ1) is 5.07. The van der Waals surface area contributed by atoms with Crippen LogP contribution in [0.3, 0.4) is 0 Å². The van der Waals surface area contributed by atoms with Gasteiger partial charge in [-0.2, -0.15) is 0 Å². The van der Waals surface area contributed by atoms with Crippen molar-refractivity contribution in [3.8, 4) is 0 Å². The van der Waals surface area contributed by atoms with Crippen LogP contribution in [0.15, 0.2) is 0 Å². The quantitative estimate of drug-likeness (QED) is 0.539. The first kappa shape index (κ1) is 10.1. The molecule has 0 spiro atoms. The molecule has 0 aromatic heterocycles. The van der Waals surface area contributed by atoms with Crippen molar-refractivity contribution in [3.05, 3.63) is 0 Å². The molecule has 0 aromatic carbocycles. The third-order valence-corrected chi connectivity index (χ3v) is 1.42. The van der Waals surface area contributed by atoms with Crippen LogP contribution in [-0.2, 0) is 9.59 Å². The molecule has 0 rings (SSSR count). The molecule has 0 heterocycles. The average molecular weight is 158 g/mol. The lowest BCUT2D eigenvalue weighted by atomic mass is 10.1. The van der Waals surface area contributed by atoms with Crippen LogP contribution in [0.1, 0.15) is 19.8 Å². The monoisotopic (exact) mass is 158 g/mol. The van der Waals surface area contributed by atoms with Crippen LogP contribution in [0.2, 0.25) is 0 Å². The van der Waals surface area contributed by atoms with E-state index in [0.717, 1.165) is 0 Å². The first-order valence-corrected chi connectivity index (χ1v) is 3.45. The molecule has 0 saturated carbocycles. The van der Waals surface area contributed by atoms with E-state index < -0.39 is 12.0 Å². The topological polar surface area (TPSA) is 69.2 Å². The second-order valence-corrected chi connectivity index (χ2v) is 2.40. The molecule has 0 aliphatic rings. The highest BCUT2D eigenvalue weighted by Gasteiger charge is 2.06. The number of hydrogen-bond donors (Lipinski definition) is 1. The maximum absolute atomic E-state index is 10.4. The van der Waals surface area contributed by atoms with E-state index in [4.69, 9.17) is 0 Å². The van der Waals surface area contributed by atoms with Crippen molar-refractivity contribution in [1.82, 2.24) is 5.32 Å². The second kappa shape index (κ2) is 4.85. The summed E-state index contributed by atoms with van der Waals surface area (Å²) in [5, 5.41) is 12.8. The highest BCUT2D eigenvalue weighted by atomic mass is 16.4. The SMILES string of the molecule is CNC(CCC(C)=O)C(=O)[O-]. The van der Waals surface area contributed by atoms with Gasteiger partial charge in [0.15, 0.2) is 0 Å². The summed E-state index contributed by atoms with van der Waals surface area (Å²) in [4.78, 5) is 20.7. The summed E-state index contributed by atoms with van der Waals surface area (Å²) in [5.41, 5.74) is 0. The standard InChI is InChI=1S/C7H13NO3/c1-5(9)3-4-6(8-2)7(10)11/h6,8H,3-4H2,1-2H3,(H,10,11)/p-1. The molecule has 0 amide bonds. The normalized spacial score (nSPS) is 12.5. The van der Waals surface area contributed by atoms with Crippen molar-refractivity contribution in [2.24, 2.45) is 0 Å². The number of nitrogens with one attached hydrogen (secondary N) is 1. The first-order valence-electron chi connectivity index (χ1n) is 3.45. The lowest BCUT2D eigenvalue weighted by molar-refractivity contribution is -0.308. The van der Waals surface area contributed by atoms with E-state index in [1.807, 2.05) is 0 Å². The van der Waals surface area contributed by atoms with Gasteiger partial charge in [0.2, 0.25) is 0 Å². The van der Waals surface area contributed by atoms with E-state index in [-0.39, 0.29) is 12.2 Å². The molecular weight excluding hydrogens is 146 g/mol. The summed E-state index contributed by atoms with van der Waals surface area (Å²) in [6, 6.07) is -0.709. The Balaban J connectivity index is 3.70. The van der Waals surface area contributed by atoms with Gasteiger partial charge >= 0.3 is 0 Å². The number of likely N-dealkylation sites (N-methyl/N-ethyl adjacent to an activating group) is 1. The largest absolute Gasteiger partial charge is 0.548 e. The molecule has 1 unspecified atom stereocenters. The summed E-state index contributed by atoms with van der Waals surface area (Å²) >= 11 is 0. The van der Waals surface area contributed by atoms with Crippen molar-refractivity contribution in [1.29, 1.82) is 0 Å². The summed E-state index contributed by atoms with van der Waals surface area (Å²) in [5.74, 6) is -1.17. The van der Waals surface area contributed by atoms with Gasteiger partial charge in [-0.25, -0.2) is 0 Å². The third-order valence-electron chi connectivity index (χ3n) is 1.42.